The molecule has 0 aromatic carbocycles. The van der Waals surface area contributed by atoms with Crippen LogP contribution >= 0.6 is 22.9 Å². The van der Waals surface area contributed by atoms with E-state index in [1.165, 1.54) is 0 Å². The fourth-order valence-corrected chi connectivity index (χ4v) is 5.20. The van der Waals surface area contributed by atoms with Crippen molar-refractivity contribution in [1.82, 2.24) is 19.9 Å². The van der Waals surface area contributed by atoms with Crippen LogP contribution in [-0.2, 0) is 0 Å². The molecule has 9 heteroatoms. The molecule has 0 radical (unpaired) electrons. The predicted octanol–water partition coefficient (Wildman–Crippen LogP) is 4.31. The minimum atomic E-state index is 0.448. The lowest BCUT2D eigenvalue weighted by Crippen LogP contribution is -2.44. The molecule has 0 aliphatic carbocycles. The van der Waals surface area contributed by atoms with Gasteiger partial charge in [0.2, 0.25) is 0 Å². The molecule has 3 aromatic heterocycles. The normalized spacial score (nSPS) is 17.5. The number of methoxy groups -OCH3 is 1. The summed E-state index contributed by atoms with van der Waals surface area (Å²) in [6, 6.07) is 6.02. The van der Waals surface area contributed by atoms with Crippen LogP contribution in [0.25, 0.3) is 15.9 Å². The van der Waals surface area contributed by atoms with Gasteiger partial charge in [-0.1, -0.05) is 29.0 Å². The molecule has 1 fully saturated rings. The molecule has 3 aromatic rings. The second-order valence-corrected chi connectivity index (χ2v) is 9.39. The molecule has 166 valence electrons. The zero-order valence-electron chi connectivity index (χ0n) is 18.4. The lowest BCUT2D eigenvalue weighted by atomic mass is 10.0. The van der Waals surface area contributed by atoms with Crippen LogP contribution in [0.5, 0.6) is 5.75 Å². The quantitative estimate of drug-likeness (QED) is 0.529. The van der Waals surface area contributed by atoms with E-state index >= 15 is 0 Å². The van der Waals surface area contributed by atoms with E-state index in [0.717, 1.165) is 64.3 Å². The maximum Gasteiger partial charge on any atom is 0.192 e. The van der Waals surface area contributed by atoms with Crippen molar-refractivity contribution < 1.29 is 4.74 Å². The number of thiazole rings is 1. The highest BCUT2D eigenvalue weighted by Gasteiger charge is 2.21. The third-order valence-electron chi connectivity index (χ3n) is 5.94. The molecule has 0 spiro atoms. The van der Waals surface area contributed by atoms with Crippen molar-refractivity contribution in [3.05, 3.63) is 53.0 Å². The second-order valence-electron chi connectivity index (χ2n) is 8.04. The Morgan fingerprint density at radius 1 is 1.12 bits per heavy atom. The van der Waals surface area contributed by atoms with Crippen molar-refractivity contribution in [3.8, 4) is 5.75 Å². The van der Waals surface area contributed by atoms with Crippen LogP contribution in [0.4, 0.5) is 10.9 Å². The summed E-state index contributed by atoms with van der Waals surface area (Å²) in [6.45, 7) is 6.94. The zero-order chi connectivity index (χ0) is 22.2. The molecular formula is C23H25ClN6OS. The van der Waals surface area contributed by atoms with Gasteiger partial charge in [-0.05, 0) is 43.8 Å². The summed E-state index contributed by atoms with van der Waals surface area (Å²) in [5.74, 6) is 1.74. The summed E-state index contributed by atoms with van der Waals surface area (Å²) in [7, 11) is 3.81. The van der Waals surface area contributed by atoms with E-state index in [1.807, 2.05) is 6.07 Å². The lowest BCUT2D eigenvalue weighted by Gasteiger charge is -2.33. The number of allylic oxidation sites excluding steroid dienone is 3. The van der Waals surface area contributed by atoms with Gasteiger partial charge < -0.3 is 19.4 Å². The molecule has 0 N–H and O–H groups in total. The van der Waals surface area contributed by atoms with Gasteiger partial charge in [-0.25, -0.2) is 15.0 Å². The fourth-order valence-electron chi connectivity index (χ4n) is 4.04. The summed E-state index contributed by atoms with van der Waals surface area (Å²) in [4.78, 5) is 21.8. The molecule has 1 saturated heterocycles. The molecule has 0 atom stereocenters. The summed E-state index contributed by atoms with van der Waals surface area (Å²) >= 11 is 7.76. The van der Waals surface area contributed by atoms with E-state index in [9.17, 15) is 0 Å². The number of ether oxygens (including phenoxy) is 1. The number of pyridine rings is 2. The second kappa shape index (κ2) is 8.69. The fraction of sp³-hybridized carbons (Fsp3) is 0.348. The standard InChI is InChI=1S/C23H25ClN6OS/c1-15-12-16(17-13-20(24)25-14-19(17)31-3)6-7-30(15)23-26-18-4-5-21(27-22(18)32-23)29-10-8-28(2)9-11-29/h4-6,12-14H,7-11H2,1-3H3. The number of piperazine rings is 1. The van der Waals surface area contributed by atoms with Gasteiger partial charge in [-0.3, -0.25) is 0 Å². The maximum absolute atomic E-state index is 6.13. The van der Waals surface area contributed by atoms with Crippen molar-refractivity contribution >= 4 is 49.8 Å². The van der Waals surface area contributed by atoms with Crippen molar-refractivity contribution in [2.75, 3.05) is 56.7 Å². The van der Waals surface area contributed by atoms with Gasteiger partial charge in [0.1, 0.15) is 27.1 Å². The van der Waals surface area contributed by atoms with Gasteiger partial charge in [-0.2, -0.15) is 0 Å². The molecule has 2 aliphatic heterocycles. The third kappa shape index (κ3) is 4.05. The minimum Gasteiger partial charge on any atom is -0.494 e. The Bertz CT molecular complexity index is 1210. The topological polar surface area (TPSA) is 57.6 Å². The predicted molar refractivity (Wildman–Crippen MR) is 132 cm³/mol. The Labute approximate surface area is 196 Å². The van der Waals surface area contributed by atoms with Crippen molar-refractivity contribution in [2.45, 2.75) is 6.92 Å². The van der Waals surface area contributed by atoms with Gasteiger partial charge in [0.05, 0.1) is 13.3 Å². The highest BCUT2D eigenvalue weighted by atomic mass is 35.5. The number of rotatable bonds is 4. The van der Waals surface area contributed by atoms with Crippen LogP contribution < -0.4 is 14.5 Å². The number of fused-ring (bicyclic) bond motifs is 1. The zero-order valence-corrected chi connectivity index (χ0v) is 19.9. The van der Waals surface area contributed by atoms with E-state index in [2.05, 4.69) is 57.9 Å². The van der Waals surface area contributed by atoms with E-state index in [-0.39, 0.29) is 0 Å². The monoisotopic (exact) mass is 468 g/mol. The first kappa shape index (κ1) is 21.2. The number of hydrogen-bond donors (Lipinski definition) is 0. The van der Waals surface area contributed by atoms with E-state index in [1.54, 1.807) is 24.6 Å². The molecule has 0 amide bonds. The summed E-state index contributed by atoms with van der Waals surface area (Å²) in [5.41, 5.74) is 4.05. The maximum atomic E-state index is 6.13. The van der Waals surface area contributed by atoms with Crippen LogP contribution in [0.3, 0.4) is 0 Å². The van der Waals surface area contributed by atoms with Gasteiger partial charge >= 0.3 is 0 Å². The number of aromatic nitrogens is 3. The average molecular weight is 469 g/mol. The first-order valence-electron chi connectivity index (χ1n) is 10.6. The summed E-state index contributed by atoms with van der Waals surface area (Å²) in [5, 5.41) is 1.40. The molecule has 0 bridgehead atoms. The van der Waals surface area contributed by atoms with Crippen molar-refractivity contribution in [1.29, 1.82) is 0 Å². The Balaban J connectivity index is 1.39. The van der Waals surface area contributed by atoms with Gasteiger partial charge in [0, 0.05) is 44.0 Å². The van der Waals surface area contributed by atoms with Crippen molar-refractivity contribution in [3.63, 3.8) is 0 Å². The van der Waals surface area contributed by atoms with E-state index in [4.69, 9.17) is 26.3 Å². The van der Waals surface area contributed by atoms with Crippen LogP contribution in [-0.4, -0.2) is 66.7 Å². The number of nitrogens with zero attached hydrogens (tertiary/aromatic N) is 6. The Hall–Kier alpha value is -2.68. The third-order valence-corrected chi connectivity index (χ3v) is 7.13. The molecular weight excluding hydrogens is 444 g/mol. The summed E-state index contributed by atoms with van der Waals surface area (Å²) in [6.07, 6.45) is 5.95. The first-order chi connectivity index (χ1) is 15.5. The highest BCUT2D eigenvalue weighted by Crippen LogP contribution is 2.36. The van der Waals surface area contributed by atoms with Crippen LogP contribution in [0.15, 0.2) is 42.2 Å². The smallest absolute Gasteiger partial charge is 0.192 e. The number of hydrogen-bond acceptors (Lipinski definition) is 8. The van der Waals surface area contributed by atoms with Crippen LogP contribution in [0.2, 0.25) is 5.15 Å². The Morgan fingerprint density at radius 3 is 2.69 bits per heavy atom. The number of likely N-dealkylation sites (N-methyl/N-ethyl adjacent to an activating group) is 1. The lowest BCUT2D eigenvalue weighted by molar-refractivity contribution is 0.312. The largest absolute Gasteiger partial charge is 0.494 e. The molecule has 0 saturated carbocycles. The van der Waals surface area contributed by atoms with Gasteiger partial charge in [-0.15, -0.1) is 0 Å². The molecule has 2 aliphatic rings. The highest BCUT2D eigenvalue weighted by molar-refractivity contribution is 7.21. The summed E-state index contributed by atoms with van der Waals surface area (Å²) < 4.78 is 5.48. The molecule has 32 heavy (non-hydrogen) atoms. The van der Waals surface area contributed by atoms with Crippen LogP contribution in [0, 0.1) is 0 Å². The molecule has 5 rings (SSSR count). The SMILES string of the molecule is COc1cnc(Cl)cc1C1=CCN(c2nc3ccc(N4CCN(C)CC4)nc3s2)C(C)=C1. The number of anilines is 2. The van der Waals surface area contributed by atoms with Gasteiger partial charge in [0.25, 0.3) is 0 Å². The molecule has 7 nitrogen and oxygen atoms in total. The Kier molecular flexibility index (Phi) is 5.75. The first-order valence-corrected chi connectivity index (χ1v) is 11.8. The minimum absolute atomic E-state index is 0.448. The molecule has 0 unspecified atom stereocenters. The van der Waals surface area contributed by atoms with Crippen LogP contribution in [0.1, 0.15) is 12.5 Å². The number of halogens is 1. The van der Waals surface area contributed by atoms with Gasteiger partial charge in [0.15, 0.2) is 5.13 Å². The van der Waals surface area contributed by atoms with E-state index < -0.39 is 0 Å². The van der Waals surface area contributed by atoms with Crippen molar-refractivity contribution in [2.24, 2.45) is 0 Å². The molecule has 5 heterocycles. The Morgan fingerprint density at radius 2 is 1.94 bits per heavy atom. The van der Waals surface area contributed by atoms with E-state index in [0.29, 0.717) is 17.4 Å². The average Bonchev–Trinajstić information content (AvgIpc) is 3.22.